The van der Waals surface area contributed by atoms with Crippen molar-refractivity contribution in [3.63, 3.8) is 0 Å². The predicted molar refractivity (Wildman–Crippen MR) is 98.1 cm³/mol. The van der Waals surface area contributed by atoms with Gasteiger partial charge in [-0.1, -0.05) is 0 Å². The number of rotatable bonds is 2. The minimum Gasteiger partial charge on any atom is -0.497 e. The fourth-order valence-electron chi connectivity index (χ4n) is 2.97. The number of aromatic nitrogens is 2. The van der Waals surface area contributed by atoms with E-state index in [9.17, 15) is 4.39 Å². The summed E-state index contributed by atoms with van der Waals surface area (Å²) in [5, 5.41) is 0.946. The van der Waals surface area contributed by atoms with Crippen molar-refractivity contribution in [1.29, 1.82) is 0 Å². The van der Waals surface area contributed by atoms with Gasteiger partial charge in [0.25, 0.3) is 0 Å². The summed E-state index contributed by atoms with van der Waals surface area (Å²) in [6.07, 6.45) is 2.34. The van der Waals surface area contributed by atoms with Gasteiger partial charge in [-0.2, -0.15) is 0 Å². The maximum Gasteiger partial charge on any atom is 0.144 e. The van der Waals surface area contributed by atoms with Crippen LogP contribution in [0.15, 0.2) is 41.1 Å². The minimum atomic E-state index is -0.233. The molecule has 7 heteroatoms. The van der Waals surface area contributed by atoms with Crippen molar-refractivity contribution in [2.24, 2.45) is 0 Å². The first-order valence-corrected chi connectivity index (χ1v) is 8.01. The fraction of sp³-hybridized carbons (Fsp3) is 0.176. The van der Waals surface area contributed by atoms with E-state index in [0.29, 0.717) is 4.47 Å². The third-order valence-electron chi connectivity index (χ3n) is 4.10. The lowest BCUT2D eigenvalue weighted by atomic mass is 10.1. The minimum absolute atomic E-state index is 0. The summed E-state index contributed by atoms with van der Waals surface area (Å²) < 4.78 is 19.4. The summed E-state index contributed by atoms with van der Waals surface area (Å²) in [5.74, 6) is 1.35. The molecule has 2 heterocycles. The molecule has 3 aromatic rings. The number of nitrogens with zero attached hydrogens (tertiary/aromatic N) is 3. The van der Waals surface area contributed by atoms with Crippen molar-refractivity contribution in [1.82, 2.24) is 9.97 Å². The Hall–Kier alpha value is -1.92. The molecule has 0 spiro atoms. The van der Waals surface area contributed by atoms with E-state index >= 15 is 0 Å². The third kappa shape index (κ3) is 2.70. The normalized spacial score (nSPS) is 12.9. The molecule has 2 aromatic carbocycles. The van der Waals surface area contributed by atoms with Crippen LogP contribution in [0.1, 0.15) is 5.56 Å². The lowest BCUT2D eigenvalue weighted by Gasteiger charge is -2.20. The summed E-state index contributed by atoms with van der Waals surface area (Å²) in [6, 6.07) is 9.14. The molecule has 0 atom stereocenters. The molecular formula is C17H14BrClFN3O. The summed E-state index contributed by atoms with van der Waals surface area (Å²) in [7, 11) is 1.63. The van der Waals surface area contributed by atoms with E-state index in [0.717, 1.165) is 46.7 Å². The van der Waals surface area contributed by atoms with Crippen molar-refractivity contribution in [2.45, 2.75) is 6.42 Å². The number of hydrogen-bond donors (Lipinski definition) is 0. The van der Waals surface area contributed by atoms with Gasteiger partial charge >= 0.3 is 0 Å². The van der Waals surface area contributed by atoms with Crippen molar-refractivity contribution in [3.8, 4) is 5.75 Å². The van der Waals surface area contributed by atoms with Gasteiger partial charge < -0.3 is 9.64 Å². The lowest BCUT2D eigenvalue weighted by molar-refractivity contribution is 0.415. The van der Waals surface area contributed by atoms with Crippen molar-refractivity contribution < 1.29 is 9.13 Å². The molecule has 0 saturated carbocycles. The van der Waals surface area contributed by atoms with Crippen LogP contribution in [0.5, 0.6) is 5.75 Å². The Kier molecular flexibility index (Phi) is 4.60. The average Bonchev–Trinajstić information content (AvgIpc) is 2.96. The Bertz CT molecular complexity index is 922. The van der Waals surface area contributed by atoms with Gasteiger partial charge in [0.1, 0.15) is 23.7 Å². The van der Waals surface area contributed by atoms with E-state index in [1.165, 1.54) is 0 Å². The van der Waals surface area contributed by atoms with E-state index in [-0.39, 0.29) is 18.2 Å². The number of anilines is 2. The number of methoxy groups -OCH3 is 1. The lowest BCUT2D eigenvalue weighted by Crippen LogP contribution is -2.15. The molecule has 0 unspecified atom stereocenters. The monoisotopic (exact) mass is 409 g/mol. The SMILES string of the molecule is COc1ccc2c(N3CCc4cc(F)c(Br)cc43)ncnc2c1.Cl. The van der Waals surface area contributed by atoms with Crippen molar-refractivity contribution in [2.75, 3.05) is 18.6 Å². The zero-order chi connectivity index (χ0) is 16.0. The number of benzene rings is 2. The molecule has 1 aromatic heterocycles. The van der Waals surface area contributed by atoms with Crippen LogP contribution in [0.2, 0.25) is 0 Å². The first-order valence-electron chi connectivity index (χ1n) is 7.21. The molecule has 0 fully saturated rings. The molecule has 0 amide bonds. The van der Waals surface area contributed by atoms with Crippen molar-refractivity contribution >= 4 is 50.7 Å². The van der Waals surface area contributed by atoms with Gasteiger partial charge in [-0.05, 0) is 52.2 Å². The summed E-state index contributed by atoms with van der Waals surface area (Å²) >= 11 is 3.27. The molecule has 24 heavy (non-hydrogen) atoms. The van der Waals surface area contributed by atoms with E-state index in [1.807, 2.05) is 24.3 Å². The van der Waals surface area contributed by atoms with Crippen LogP contribution in [0, 0.1) is 5.82 Å². The summed E-state index contributed by atoms with van der Waals surface area (Å²) in [5.41, 5.74) is 2.80. The smallest absolute Gasteiger partial charge is 0.144 e. The van der Waals surface area contributed by atoms with Crippen LogP contribution in [0.3, 0.4) is 0 Å². The Morgan fingerprint density at radius 2 is 2.04 bits per heavy atom. The van der Waals surface area contributed by atoms with Gasteiger partial charge in [-0.15, -0.1) is 12.4 Å². The summed E-state index contributed by atoms with van der Waals surface area (Å²) in [4.78, 5) is 10.9. The fourth-order valence-corrected chi connectivity index (χ4v) is 3.30. The third-order valence-corrected chi connectivity index (χ3v) is 4.70. The quantitative estimate of drug-likeness (QED) is 0.616. The summed E-state index contributed by atoms with van der Waals surface area (Å²) in [6.45, 7) is 0.767. The molecule has 0 saturated heterocycles. The topological polar surface area (TPSA) is 38.2 Å². The first-order chi connectivity index (χ1) is 11.2. The Labute approximate surface area is 153 Å². The standard InChI is InChI=1S/C17H13BrFN3O.ClH/c1-23-11-2-3-12-15(7-11)20-9-21-17(12)22-5-4-10-6-14(19)13(18)8-16(10)22;/h2-3,6-9H,4-5H2,1H3;1H. The Morgan fingerprint density at radius 3 is 2.83 bits per heavy atom. The van der Waals surface area contributed by atoms with Gasteiger partial charge in [0.2, 0.25) is 0 Å². The Balaban J connectivity index is 0.00000169. The number of hydrogen-bond acceptors (Lipinski definition) is 4. The second kappa shape index (κ2) is 6.53. The maximum absolute atomic E-state index is 13.7. The van der Waals surface area contributed by atoms with Gasteiger partial charge in [0, 0.05) is 23.7 Å². The maximum atomic E-state index is 13.7. The van der Waals surface area contributed by atoms with Crippen LogP contribution in [0.4, 0.5) is 15.9 Å². The van der Waals surface area contributed by atoms with Gasteiger partial charge in [-0.3, -0.25) is 0 Å². The van der Waals surface area contributed by atoms with Gasteiger partial charge in [0.05, 0.1) is 17.1 Å². The van der Waals surface area contributed by atoms with E-state index in [4.69, 9.17) is 4.74 Å². The first kappa shape index (κ1) is 16.9. The van der Waals surface area contributed by atoms with E-state index in [2.05, 4.69) is 30.8 Å². The van der Waals surface area contributed by atoms with Crippen LogP contribution < -0.4 is 9.64 Å². The van der Waals surface area contributed by atoms with Crippen LogP contribution in [-0.2, 0) is 6.42 Å². The molecule has 0 radical (unpaired) electrons. The van der Waals surface area contributed by atoms with E-state index < -0.39 is 0 Å². The molecule has 4 nitrogen and oxygen atoms in total. The molecule has 0 aliphatic carbocycles. The largest absolute Gasteiger partial charge is 0.497 e. The molecular weight excluding hydrogens is 397 g/mol. The molecule has 4 rings (SSSR count). The zero-order valence-corrected chi connectivity index (χ0v) is 15.2. The number of ether oxygens (including phenoxy) is 1. The van der Waals surface area contributed by atoms with Gasteiger partial charge in [-0.25, -0.2) is 14.4 Å². The van der Waals surface area contributed by atoms with Gasteiger partial charge in [0.15, 0.2) is 0 Å². The molecule has 0 N–H and O–H groups in total. The van der Waals surface area contributed by atoms with Crippen LogP contribution in [0.25, 0.3) is 10.9 Å². The van der Waals surface area contributed by atoms with Crippen LogP contribution >= 0.6 is 28.3 Å². The predicted octanol–water partition coefficient (Wildman–Crippen LogP) is 4.66. The van der Waals surface area contributed by atoms with Crippen LogP contribution in [-0.4, -0.2) is 23.6 Å². The highest BCUT2D eigenvalue weighted by atomic mass is 79.9. The second-order valence-electron chi connectivity index (χ2n) is 5.38. The average molecular weight is 411 g/mol. The van der Waals surface area contributed by atoms with Crippen molar-refractivity contribution in [3.05, 3.63) is 52.5 Å². The number of halogens is 3. The zero-order valence-electron chi connectivity index (χ0n) is 12.8. The molecule has 0 bridgehead atoms. The highest BCUT2D eigenvalue weighted by Crippen LogP contribution is 2.39. The highest BCUT2D eigenvalue weighted by molar-refractivity contribution is 9.10. The Morgan fingerprint density at radius 1 is 1.21 bits per heavy atom. The molecule has 124 valence electrons. The highest BCUT2D eigenvalue weighted by Gasteiger charge is 2.24. The molecule has 1 aliphatic rings. The van der Waals surface area contributed by atoms with E-state index in [1.54, 1.807) is 19.5 Å². The second-order valence-corrected chi connectivity index (χ2v) is 6.23. The molecule has 1 aliphatic heterocycles. The number of fused-ring (bicyclic) bond motifs is 2.